The number of aromatic nitrogens is 3. The van der Waals surface area contributed by atoms with Gasteiger partial charge in [0.25, 0.3) is 0 Å². The van der Waals surface area contributed by atoms with E-state index >= 15 is 0 Å². The predicted molar refractivity (Wildman–Crippen MR) is 130 cm³/mol. The molecule has 32 heavy (non-hydrogen) atoms. The van der Waals surface area contributed by atoms with E-state index in [0.717, 1.165) is 22.6 Å². The average Bonchev–Trinajstić information content (AvgIpc) is 3.23. The second-order valence-electron chi connectivity index (χ2n) is 7.83. The maximum absolute atomic E-state index is 12.5. The molecule has 0 saturated carbocycles. The van der Waals surface area contributed by atoms with Crippen LogP contribution in [0.3, 0.4) is 0 Å². The molecule has 0 aliphatic heterocycles. The summed E-state index contributed by atoms with van der Waals surface area (Å²) in [7, 11) is 0. The van der Waals surface area contributed by atoms with Gasteiger partial charge in [-0.3, -0.25) is 9.36 Å². The van der Waals surface area contributed by atoms with Crippen LogP contribution in [-0.4, -0.2) is 26.4 Å². The van der Waals surface area contributed by atoms with Gasteiger partial charge in [-0.1, -0.05) is 78.0 Å². The summed E-state index contributed by atoms with van der Waals surface area (Å²) in [4.78, 5) is 12.5. The molecule has 6 heteroatoms. The fourth-order valence-corrected chi connectivity index (χ4v) is 4.10. The number of hydrogen-bond donors (Lipinski definition) is 1. The average molecular weight is 443 g/mol. The highest BCUT2D eigenvalue weighted by molar-refractivity contribution is 7.99. The van der Waals surface area contributed by atoms with Gasteiger partial charge in [0.05, 0.1) is 11.4 Å². The maximum atomic E-state index is 12.5. The predicted octanol–water partition coefficient (Wildman–Crippen LogP) is 5.27. The molecule has 1 N–H and O–H groups in total. The van der Waals surface area contributed by atoms with Crippen molar-refractivity contribution in [1.29, 1.82) is 0 Å². The van der Waals surface area contributed by atoms with Gasteiger partial charge in [-0.25, -0.2) is 0 Å². The zero-order chi connectivity index (χ0) is 22.5. The highest BCUT2D eigenvalue weighted by Crippen LogP contribution is 2.28. The lowest BCUT2D eigenvalue weighted by Gasteiger charge is -2.12. The largest absolute Gasteiger partial charge is 0.351 e. The van der Waals surface area contributed by atoms with E-state index < -0.39 is 0 Å². The maximum Gasteiger partial charge on any atom is 0.230 e. The molecule has 0 saturated heterocycles. The number of benzene rings is 3. The highest BCUT2D eigenvalue weighted by Gasteiger charge is 2.17. The van der Waals surface area contributed by atoms with Crippen LogP contribution in [0.4, 0.5) is 0 Å². The van der Waals surface area contributed by atoms with Gasteiger partial charge in [-0.2, -0.15) is 0 Å². The third-order valence-corrected chi connectivity index (χ3v) is 6.29. The van der Waals surface area contributed by atoms with Crippen molar-refractivity contribution in [2.45, 2.75) is 32.5 Å². The van der Waals surface area contributed by atoms with E-state index in [2.05, 4.69) is 47.6 Å². The molecule has 0 radical (unpaired) electrons. The van der Waals surface area contributed by atoms with Gasteiger partial charge in [0.15, 0.2) is 11.0 Å². The third-order valence-electron chi connectivity index (χ3n) is 5.36. The summed E-state index contributed by atoms with van der Waals surface area (Å²) in [6.45, 7) is 6.75. The number of aryl methyl sites for hydroxylation is 3. The number of amides is 1. The van der Waals surface area contributed by atoms with Crippen molar-refractivity contribution in [1.82, 2.24) is 20.1 Å². The normalized spacial score (nSPS) is 10.8. The van der Waals surface area contributed by atoms with Crippen molar-refractivity contribution in [2.75, 3.05) is 5.75 Å². The van der Waals surface area contributed by atoms with E-state index in [9.17, 15) is 4.79 Å². The second kappa shape index (κ2) is 9.83. The fraction of sp³-hybridized carbons (Fsp3) is 0.192. The molecule has 0 spiro atoms. The molecule has 1 amide bonds. The summed E-state index contributed by atoms with van der Waals surface area (Å²) in [5, 5.41) is 12.5. The molecule has 0 aliphatic carbocycles. The van der Waals surface area contributed by atoms with Crippen LogP contribution in [0.1, 0.15) is 22.3 Å². The SMILES string of the molecule is Cc1ccc(CNC(=O)CSc2nnc(-c3ccccc3)n2-c2ccc(C)c(C)c2)cc1. The standard InChI is InChI=1S/C26H26N4OS/c1-18-9-12-21(13-10-18)16-27-24(31)17-32-26-29-28-25(22-7-5-4-6-8-22)30(26)23-14-11-19(2)20(3)15-23/h4-15H,16-17H2,1-3H3,(H,27,31). The van der Waals surface area contributed by atoms with Crippen molar-refractivity contribution in [2.24, 2.45) is 0 Å². The summed E-state index contributed by atoms with van der Waals surface area (Å²) in [5.74, 6) is 0.992. The van der Waals surface area contributed by atoms with Crippen LogP contribution in [0.5, 0.6) is 0 Å². The molecule has 3 aromatic carbocycles. The molecule has 0 atom stereocenters. The Morgan fingerprint density at radius 1 is 0.906 bits per heavy atom. The smallest absolute Gasteiger partial charge is 0.230 e. The van der Waals surface area contributed by atoms with E-state index in [1.54, 1.807) is 0 Å². The summed E-state index contributed by atoms with van der Waals surface area (Å²) < 4.78 is 2.03. The number of nitrogens with zero attached hydrogens (tertiary/aromatic N) is 3. The first-order chi connectivity index (χ1) is 15.5. The molecule has 1 aromatic heterocycles. The summed E-state index contributed by atoms with van der Waals surface area (Å²) in [6, 6.07) is 24.5. The van der Waals surface area contributed by atoms with Crippen LogP contribution in [0.15, 0.2) is 78.0 Å². The van der Waals surface area contributed by atoms with Gasteiger partial charge >= 0.3 is 0 Å². The molecule has 0 fully saturated rings. The van der Waals surface area contributed by atoms with Crippen molar-refractivity contribution >= 4 is 17.7 Å². The zero-order valence-corrected chi connectivity index (χ0v) is 19.3. The summed E-state index contributed by atoms with van der Waals surface area (Å²) >= 11 is 1.39. The Hall–Kier alpha value is -3.38. The summed E-state index contributed by atoms with van der Waals surface area (Å²) in [6.07, 6.45) is 0. The van der Waals surface area contributed by atoms with Crippen LogP contribution >= 0.6 is 11.8 Å². The minimum atomic E-state index is -0.0357. The lowest BCUT2D eigenvalue weighted by Crippen LogP contribution is -2.24. The van der Waals surface area contributed by atoms with Crippen molar-refractivity contribution in [3.8, 4) is 17.1 Å². The van der Waals surface area contributed by atoms with Crippen LogP contribution in [0, 0.1) is 20.8 Å². The van der Waals surface area contributed by atoms with E-state index in [1.807, 2.05) is 66.1 Å². The number of thioether (sulfide) groups is 1. The van der Waals surface area contributed by atoms with Gasteiger partial charge in [0.1, 0.15) is 0 Å². The second-order valence-corrected chi connectivity index (χ2v) is 8.77. The molecular weight excluding hydrogens is 416 g/mol. The molecule has 1 heterocycles. The molecule has 0 bridgehead atoms. The van der Waals surface area contributed by atoms with E-state index in [4.69, 9.17) is 0 Å². The first-order valence-electron chi connectivity index (χ1n) is 10.5. The van der Waals surface area contributed by atoms with Crippen LogP contribution < -0.4 is 5.32 Å². The minimum absolute atomic E-state index is 0.0357. The molecule has 5 nitrogen and oxygen atoms in total. The lowest BCUT2D eigenvalue weighted by molar-refractivity contribution is -0.118. The van der Waals surface area contributed by atoms with Crippen LogP contribution in [-0.2, 0) is 11.3 Å². The number of nitrogens with one attached hydrogen (secondary N) is 1. The molecule has 4 aromatic rings. The zero-order valence-electron chi connectivity index (χ0n) is 18.5. The molecule has 4 rings (SSSR count). The minimum Gasteiger partial charge on any atom is -0.351 e. The number of rotatable bonds is 7. The van der Waals surface area contributed by atoms with E-state index in [0.29, 0.717) is 11.7 Å². The molecule has 162 valence electrons. The highest BCUT2D eigenvalue weighted by atomic mass is 32.2. The molecule has 0 unspecified atom stereocenters. The fourth-order valence-electron chi connectivity index (χ4n) is 3.32. The Labute approximate surface area is 192 Å². The van der Waals surface area contributed by atoms with E-state index in [-0.39, 0.29) is 11.7 Å². The summed E-state index contributed by atoms with van der Waals surface area (Å²) in [5.41, 5.74) is 6.68. The van der Waals surface area contributed by atoms with Crippen molar-refractivity contribution < 1.29 is 4.79 Å². The van der Waals surface area contributed by atoms with Gasteiger partial charge in [0, 0.05) is 12.1 Å². The number of hydrogen-bond acceptors (Lipinski definition) is 4. The van der Waals surface area contributed by atoms with Gasteiger partial charge in [-0.05, 0) is 49.6 Å². The first-order valence-corrected chi connectivity index (χ1v) is 11.5. The first kappa shape index (κ1) is 21.8. The Kier molecular flexibility index (Phi) is 6.71. The Morgan fingerprint density at radius 2 is 1.66 bits per heavy atom. The number of carbonyl (C=O) groups excluding carboxylic acids is 1. The Balaban J connectivity index is 1.54. The van der Waals surface area contributed by atoms with Gasteiger partial charge in [0.2, 0.25) is 5.91 Å². The topological polar surface area (TPSA) is 59.8 Å². The van der Waals surface area contributed by atoms with Crippen molar-refractivity contribution in [3.05, 3.63) is 95.1 Å². The van der Waals surface area contributed by atoms with Crippen LogP contribution in [0.25, 0.3) is 17.1 Å². The van der Waals surface area contributed by atoms with E-state index in [1.165, 1.54) is 28.5 Å². The Bertz CT molecular complexity index is 1220. The molecular formula is C26H26N4OS. The quantitative estimate of drug-likeness (QED) is 0.396. The lowest BCUT2D eigenvalue weighted by atomic mass is 10.1. The van der Waals surface area contributed by atoms with Gasteiger partial charge in [-0.15, -0.1) is 10.2 Å². The Morgan fingerprint density at radius 3 is 2.38 bits per heavy atom. The third kappa shape index (κ3) is 5.08. The number of carbonyl (C=O) groups is 1. The molecule has 0 aliphatic rings. The van der Waals surface area contributed by atoms with Crippen LogP contribution in [0.2, 0.25) is 0 Å². The van der Waals surface area contributed by atoms with Gasteiger partial charge < -0.3 is 5.32 Å². The monoisotopic (exact) mass is 442 g/mol. The van der Waals surface area contributed by atoms with Crippen molar-refractivity contribution in [3.63, 3.8) is 0 Å².